The number of hydrogen-bond acceptors (Lipinski definition) is 3. The first-order valence-electron chi connectivity index (χ1n) is 4.59. The summed E-state index contributed by atoms with van der Waals surface area (Å²) in [7, 11) is -3.08. The summed E-state index contributed by atoms with van der Waals surface area (Å²) in [6, 6.07) is -1.21. The van der Waals surface area contributed by atoms with Gasteiger partial charge in [0.05, 0.1) is 17.5 Å². The molecule has 2 N–H and O–H groups in total. The summed E-state index contributed by atoms with van der Waals surface area (Å²) in [4.78, 5) is 0. The predicted molar refractivity (Wildman–Crippen MR) is 50.0 cm³/mol. The smallest absolute Gasteiger partial charge is 0.265 e. The van der Waals surface area contributed by atoms with Gasteiger partial charge in [0.25, 0.3) is 5.92 Å². The Morgan fingerprint density at radius 2 is 1.79 bits per heavy atom. The van der Waals surface area contributed by atoms with Crippen LogP contribution in [0, 0.1) is 5.92 Å². The molecule has 0 aromatic rings. The average Bonchev–Trinajstić information content (AvgIpc) is 2.03. The lowest BCUT2D eigenvalue weighted by atomic mass is 9.91. The average molecular weight is 227 g/mol. The molecule has 14 heavy (non-hydrogen) atoms. The van der Waals surface area contributed by atoms with E-state index in [2.05, 4.69) is 0 Å². The summed E-state index contributed by atoms with van der Waals surface area (Å²) in [6.07, 6.45) is 0.0494. The molecule has 0 aromatic heterocycles. The highest BCUT2D eigenvalue weighted by Crippen LogP contribution is 2.35. The largest absolute Gasteiger partial charge is 0.323 e. The van der Waals surface area contributed by atoms with Crippen molar-refractivity contribution < 1.29 is 17.2 Å². The Balaban J connectivity index is 2.66. The first-order chi connectivity index (χ1) is 6.26. The van der Waals surface area contributed by atoms with Crippen LogP contribution in [0.3, 0.4) is 0 Å². The van der Waals surface area contributed by atoms with Gasteiger partial charge < -0.3 is 5.73 Å². The van der Waals surface area contributed by atoms with Gasteiger partial charge in [-0.1, -0.05) is 0 Å². The Bertz CT molecular complexity index is 286. The minimum absolute atomic E-state index is 0.0247. The molecule has 1 heterocycles. The molecule has 84 valence electrons. The van der Waals surface area contributed by atoms with Crippen LogP contribution in [-0.4, -0.2) is 31.9 Å². The Labute approximate surface area is 82.6 Å². The Morgan fingerprint density at radius 3 is 2.14 bits per heavy atom. The van der Waals surface area contributed by atoms with E-state index in [1.165, 1.54) is 6.92 Å². The van der Waals surface area contributed by atoms with E-state index in [0.717, 1.165) is 0 Å². The van der Waals surface area contributed by atoms with Gasteiger partial charge in [0.1, 0.15) is 9.84 Å². The van der Waals surface area contributed by atoms with Gasteiger partial charge in [0.2, 0.25) is 0 Å². The van der Waals surface area contributed by atoms with E-state index < -0.39 is 27.7 Å². The SMILES string of the molecule is CC(N)C(F)(F)C1CCS(=O)(=O)CC1. The summed E-state index contributed by atoms with van der Waals surface area (Å²) in [5.74, 6) is -4.11. The predicted octanol–water partition coefficient (Wildman–Crippen LogP) is 0.794. The lowest BCUT2D eigenvalue weighted by Gasteiger charge is -2.32. The fraction of sp³-hybridized carbons (Fsp3) is 1.00. The van der Waals surface area contributed by atoms with E-state index >= 15 is 0 Å². The quantitative estimate of drug-likeness (QED) is 0.758. The summed E-state index contributed by atoms with van der Waals surface area (Å²) in [5, 5.41) is 0. The zero-order valence-electron chi connectivity index (χ0n) is 8.04. The zero-order valence-corrected chi connectivity index (χ0v) is 8.86. The van der Waals surface area contributed by atoms with Crippen LogP contribution in [0.15, 0.2) is 0 Å². The summed E-state index contributed by atoms with van der Waals surface area (Å²) < 4.78 is 48.8. The van der Waals surface area contributed by atoms with Crippen LogP contribution in [0.2, 0.25) is 0 Å². The van der Waals surface area contributed by atoms with E-state index in [1.807, 2.05) is 0 Å². The van der Waals surface area contributed by atoms with Crippen molar-refractivity contribution >= 4 is 9.84 Å². The molecule has 1 saturated heterocycles. The van der Waals surface area contributed by atoms with Gasteiger partial charge in [-0.05, 0) is 19.8 Å². The second-order valence-corrected chi connectivity index (χ2v) is 6.19. The van der Waals surface area contributed by atoms with Crippen molar-refractivity contribution in [3.8, 4) is 0 Å². The maximum Gasteiger partial charge on any atom is 0.265 e. The van der Waals surface area contributed by atoms with Crippen LogP contribution < -0.4 is 5.73 Å². The normalized spacial score (nSPS) is 26.0. The summed E-state index contributed by atoms with van der Waals surface area (Å²) >= 11 is 0. The molecule has 0 saturated carbocycles. The van der Waals surface area contributed by atoms with Gasteiger partial charge in [-0.3, -0.25) is 0 Å². The molecule has 1 aliphatic rings. The molecule has 1 atom stereocenters. The first kappa shape index (κ1) is 11.8. The molecule has 1 rings (SSSR count). The van der Waals surface area contributed by atoms with Crippen LogP contribution in [-0.2, 0) is 9.84 Å². The number of alkyl halides is 2. The third-order valence-corrected chi connectivity index (χ3v) is 4.42. The van der Waals surface area contributed by atoms with Crippen molar-refractivity contribution in [1.29, 1.82) is 0 Å². The Kier molecular flexibility index (Phi) is 3.16. The van der Waals surface area contributed by atoms with Gasteiger partial charge in [-0.2, -0.15) is 0 Å². The van der Waals surface area contributed by atoms with Crippen molar-refractivity contribution in [3.63, 3.8) is 0 Å². The van der Waals surface area contributed by atoms with Gasteiger partial charge in [-0.15, -0.1) is 0 Å². The molecule has 0 radical (unpaired) electrons. The fourth-order valence-corrected chi connectivity index (χ4v) is 3.14. The fourth-order valence-electron chi connectivity index (χ4n) is 1.65. The highest BCUT2D eigenvalue weighted by Gasteiger charge is 2.45. The number of nitrogens with two attached hydrogens (primary N) is 1. The zero-order chi connectivity index (χ0) is 11.0. The van der Waals surface area contributed by atoms with Crippen LogP contribution >= 0.6 is 0 Å². The van der Waals surface area contributed by atoms with E-state index in [1.54, 1.807) is 0 Å². The van der Waals surface area contributed by atoms with Crippen LogP contribution in [0.4, 0.5) is 8.78 Å². The molecule has 0 spiro atoms. The highest BCUT2D eigenvalue weighted by molar-refractivity contribution is 7.91. The third kappa shape index (κ3) is 2.42. The molecular weight excluding hydrogens is 212 g/mol. The Hall–Kier alpha value is -0.230. The van der Waals surface area contributed by atoms with E-state index in [9.17, 15) is 17.2 Å². The van der Waals surface area contributed by atoms with E-state index in [-0.39, 0.29) is 24.3 Å². The summed E-state index contributed by atoms with van der Waals surface area (Å²) in [6.45, 7) is 1.25. The second-order valence-electron chi connectivity index (χ2n) is 3.89. The van der Waals surface area contributed by atoms with Crippen LogP contribution in [0.25, 0.3) is 0 Å². The van der Waals surface area contributed by atoms with Crippen molar-refractivity contribution in [2.45, 2.75) is 31.7 Å². The molecule has 0 amide bonds. The standard InChI is InChI=1S/C8H15F2NO2S/c1-6(11)8(9,10)7-2-4-14(12,13)5-3-7/h6-7H,2-5,11H2,1H3. The molecule has 3 nitrogen and oxygen atoms in total. The highest BCUT2D eigenvalue weighted by atomic mass is 32.2. The van der Waals surface area contributed by atoms with Crippen LogP contribution in [0.1, 0.15) is 19.8 Å². The number of hydrogen-bond donors (Lipinski definition) is 1. The van der Waals surface area contributed by atoms with Gasteiger partial charge >= 0.3 is 0 Å². The molecule has 0 aromatic carbocycles. The first-order valence-corrected chi connectivity index (χ1v) is 6.41. The summed E-state index contributed by atoms with van der Waals surface area (Å²) in [5.41, 5.74) is 5.17. The molecule has 1 unspecified atom stereocenters. The van der Waals surface area contributed by atoms with Gasteiger partial charge in [0, 0.05) is 5.92 Å². The van der Waals surface area contributed by atoms with E-state index in [4.69, 9.17) is 5.73 Å². The van der Waals surface area contributed by atoms with Gasteiger partial charge in [-0.25, -0.2) is 17.2 Å². The van der Waals surface area contributed by atoms with Crippen molar-refractivity contribution in [2.75, 3.05) is 11.5 Å². The Morgan fingerprint density at radius 1 is 1.36 bits per heavy atom. The molecule has 1 fully saturated rings. The molecular formula is C8H15F2NO2S. The minimum atomic E-state index is -3.08. The third-order valence-electron chi connectivity index (χ3n) is 2.71. The molecule has 0 aliphatic carbocycles. The topological polar surface area (TPSA) is 60.2 Å². The van der Waals surface area contributed by atoms with Crippen LogP contribution in [0.5, 0.6) is 0 Å². The van der Waals surface area contributed by atoms with Crippen molar-refractivity contribution in [2.24, 2.45) is 11.7 Å². The maximum atomic E-state index is 13.4. The van der Waals surface area contributed by atoms with Gasteiger partial charge in [0.15, 0.2) is 0 Å². The second kappa shape index (κ2) is 3.73. The minimum Gasteiger partial charge on any atom is -0.323 e. The molecule has 1 aliphatic heterocycles. The van der Waals surface area contributed by atoms with E-state index in [0.29, 0.717) is 0 Å². The lowest BCUT2D eigenvalue weighted by molar-refractivity contribution is -0.0783. The maximum absolute atomic E-state index is 13.4. The van der Waals surface area contributed by atoms with Crippen molar-refractivity contribution in [3.05, 3.63) is 0 Å². The number of sulfone groups is 1. The number of halogens is 2. The number of rotatable bonds is 2. The molecule has 6 heteroatoms. The molecule has 0 bridgehead atoms. The lowest BCUT2D eigenvalue weighted by Crippen LogP contribution is -2.47. The van der Waals surface area contributed by atoms with Crippen molar-refractivity contribution in [1.82, 2.24) is 0 Å². The monoisotopic (exact) mass is 227 g/mol.